The van der Waals surface area contributed by atoms with Crippen molar-refractivity contribution in [3.05, 3.63) is 35.9 Å². The first-order chi connectivity index (χ1) is 13.5. The van der Waals surface area contributed by atoms with Gasteiger partial charge in [-0.2, -0.15) is 0 Å². The summed E-state index contributed by atoms with van der Waals surface area (Å²) in [5.74, 6) is 0.833. The van der Waals surface area contributed by atoms with Crippen molar-refractivity contribution in [1.82, 2.24) is 20.4 Å². The van der Waals surface area contributed by atoms with Crippen molar-refractivity contribution < 1.29 is 9.53 Å². The Bertz CT molecular complexity index is 612. The lowest BCUT2D eigenvalue weighted by atomic mass is 10.1. The van der Waals surface area contributed by atoms with Gasteiger partial charge in [-0.1, -0.05) is 30.3 Å². The Morgan fingerprint density at radius 3 is 2.50 bits per heavy atom. The Morgan fingerprint density at radius 2 is 1.93 bits per heavy atom. The van der Waals surface area contributed by atoms with E-state index in [0.29, 0.717) is 32.3 Å². The van der Waals surface area contributed by atoms with Gasteiger partial charge < -0.3 is 25.2 Å². The van der Waals surface area contributed by atoms with Gasteiger partial charge in [-0.15, -0.1) is 0 Å². The molecule has 0 saturated carbocycles. The van der Waals surface area contributed by atoms with Gasteiger partial charge in [0, 0.05) is 25.7 Å². The molecule has 1 aliphatic rings. The molecule has 28 heavy (non-hydrogen) atoms. The summed E-state index contributed by atoms with van der Waals surface area (Å²) in [5.41, 5.74) is 1.26. The molecule has 1 fully saturated rings. The average Bonchev–Trinajstić information content (AvgIpc) is 2.69. The van der Waals surface area contributed by atoms with Gasteiger partial charge in [-0.3, -0.25) is 4.99 Å². The summed E-state index contributed by atoms with van der Waals surface area (Å²) in [6, 6.07) is 11.0. The van der Waals surface area contributed by atoms with Gasteiger partial charge in [-0.25, -0.2) is 4.79 Å². The number of piperidine rings is 1. The number of hydrogen-bond donors (Lipinski definition) is 2. The molecule has 0 bridgehead atoms. The molecule has 7 nitrogen and oxygen atoms in total. The SMILES string of the molecule is CCNC(=NCC(c1ccccc1)N(C)C)NC1CCN(C(=O)OCC)CC1. The van der Waals surface area contributed by atoms with E-state index >= 15 is 0 Å². The van der Waals surface area contributed by atoms with E-state index in [1.165, 1.54) is 5.56 Å². The second-order valence-corrected chi connectivity index (χ2v) is 7.21. The molecule has 0 aromatic heterocycles. The minimum absolute atomic E-state index is 0.210. The Kier molecular flexibility index (Phi) is 9.07. The fourth-order valence-corrected chi connectivity index (χ4v) is 3.35. The van der Waals surface area contributed by atoms with Crippen LogP contribution in [0.15, 0.2) is 35.3 Å². The van der Waals surface area contributed by atoms with E-state index in [0.717, 1.165) is 25.3 Å². The van der Waals surface area contributed by atoms with Crippen LogP contribution in [-0.2, 0) is 4.74 Å². The number of benzene rings is 1. The highest BCUT2D eigenvalue weighted by Crippen LogP contribution is 2.18. The largest absolute Gasteiger partial charge is 0.450 e. The molecular weight excluding hydrogens is 354 g/mol. The first kappa shape index (κ1) is 22.0. The number of carbonyl (C=O) groups is 1. The number of likely N-dealkylation sites (N-methyl/N-ethyl adjacent to an activating group) is 1. The molecule has 1 heterocycles. The Morgan fingerprint density at radius 1 is 1.25 bits per heavy atom. The monoisotopic (exact) mass is 389 g/mol. The molecule has 0 spiro atoms. The van der Waals surface area contributed by atoms with Crippen LogP contribution >= 0.6 is 0 Å². The molecule has 1 saturated heterocycles. The van der Waals surface area contributed by atoms with Gasteiger partial charge in [0.05, 0.1) is 19.2 Å². The van der Waals surface area contributed by atoms with Crippen LogP contribution in [0, 0.1) is 0 Å². The van der Waals surface area contributed by atoms with Gasteiger partial charge in [0.15, 0.2) is 5.96 Å². The van der Waals surface area contributed by atoms with Crippen molar-refractivity contribution in [2.24, 2.45) is 4.99 Å². The molecule has 1 unspecified atom stereocenters. The number of ether oxygens (including phenoxy) is 1. The Labute approximate surface area is 169 Å². The van der Waals surface area contributed by atoms with Gasteiger partial charge >= 0.3 is 6.09 Å². The van der Waals surface area contributed by atoms with E-state index in [4.69, 9.17) is 9.73 Å². The fourth-order valence-electron chi connectivity index (χ4n) is 3.35. The third-order valence-corrected chi connectivity index (χ3v) is 4.94. The van der Waals surface area contributed by atoms with E-state index in [1.54, 1.807) is 4.90 Å². The summed E-state index contributed by atoms with van der Waals surface area (Å²) >= 11 is 0. The summed E-state index contributed by atoms with van der Waals surface area (Å²) in [6.45, 7) is 7.23. The summed E-state index contributed by atoms with van der Waals surface area (Å²) < 4.78 is 5.09. The highest BCUT2D eigenvalue weighted by atomic mass is 16.6. The van der Waals surface area contributed by atoms with Gasteiger partial charge in [0.25, 0.3) is 0 Å². The number of likely N-dealkylation sites (tertiary alicyclic amines) is 1. The maximum Gasteiger partial charge on any atom is 0.409 e. The van der Waals surface area contributed by atoms with E-state index in [2.05, 4.69) is 60.8 Å². The van der Waals surface area contributed by atoms with Crippen LogP contribution in [0.3, 0.4) is 0 Å². The summed E-state index contributed by atoms with van der Waals surface area (Å²) in [4.78, 5) is 20.7. The topological polar surface area (TPSA) is 69.2 Å². The molecule has 156 valence electrons. The van der Waals surface area contributed by atoms with Crippen molar-refractivity contribution in [3.8, 4) is 0 Å². The molecule has 1 aliphatic heterocycles. The Balaban J connectivity index is 1.94. The Hall–Kier alpha value is -2.28. The third-order valence-electron chi connectivity index (χ3n) is 4.94. The van der Waals surface area contributed by atoms with Crippen molar-refractivity contribution in [2.75, 3.05) is 46.9 Å². The molecular formula is C21H35N5O2. The standard InChI is InChI=1S/C21H35N5O2/c1-5-22-20(23-16-19(25(3)4)17-10-8-7-9-11-17)24-18-12-14-26(15-13-18)21(27)28-6-2/h7-11,18-19H,5-6,12-16H2,1-4H3,(H2,22,23,24). The minimum Gasteiger partial charge on any atom is -0.450 e. The number of nitrogens with one attached hydrogen (secondary N) is 2. The molecule has 7 heteroatoms. The summed E-state index contributed by atoms with van der Waals surface area (Å²) in [6.07, 6.45) is 1.57. The van der Waals surface area contributed by atoms with Crippen molar-refractivity contribution >= 4 is 12.1 Å². The first-order valence-corrected chi connectivity index (χ1v) is 10.2. The zero-order chi connectivity index (χ0) is 20.4. The zero-order valence-electron chi connectivity index (χ0n) is 17.6. The highest BCUT2D eigenvalue weighted by Gasteiger charge is 2.24. The zero-order valence-corrected chi connectivity index (χ0v) is 17.6. The van der Waals surface area contributed by atoms with Crippen molar-refractivity contribution in [3.63, 3.8) is 0 Å². The number of aliphatic imine (C=N–C) groups is 1. The number of guanidine groups is 1. The number of rotatable bonds is 7. The van der Waals surface area contributed by atoms with Crippen LogP contribution < -0.4 is 10.6 Å². The molecule has 1 amide bonds. The smallest absolute Gasteiger partial charge is 0.409 e. The fraction of sp³-hybridized carbons (Fsp3) is 0.619. The molecule has 0 aliphatic carbocycles. The molecule has 1 atom stereocenters. The third kappa shape index (κ3) is 6.71. The molecule has 1 aromatic rings. The normalized spacial score (nSPS) is 16.8. The second-order valence-electron chi connectivity index (χ2n) is 7.21. The van der Waals surface area contributed by atoms with E-state index in [1.807, 2.05) is 13.0 Å². The molecule has 2 N–H and O–H groups in total. The van der Waals surface area contributed by atoms with Crippen LogP contribution in [0.2, 0.25) is 0 Å². The first-order valence-electron chi connectivity index (χ1n) is 10.2. The molecule has 2 rings (SSSR count). The van der Waals surface area contributed by atoms with E-state index in [-0.39, 0.29) is 12.1 Å². The van der Waals surface area contributed by atoms with Crippen LogP contribution in [0.1, 0.15) is 38.3 Å². The van der Waals surface area contributed by atoms with Crippen LogP contribution in [-0.4, -0.2) is 74.8 Å². The summed E-state index contributed by atoms with van der Waals surface area (Å²) in [7, 11) is 4.16. The number of nitrogens with zero attached hydrogens (tertiary/aromatic N) is 3. The maximum atomic E-state index is 11.8. The van der Waals surface area contributed by atoms with Crippen LogP contribution in [0.25, 0.3) is 0 Å². The lowest BCUT2D eigenvalue weighted by Crippen LogP contribution is -2.50. The average molecular weight is 390 g/mol. The highest BCUT2D eigenvalue weighted by molar-refractivity contribution is 5.80. The van der Waals surface area contributed by atoms with Crippen molar-refractivity contribution in [1.29, 1.82) is 0 Å². The summed E-state index contributed by atoms with van der Waals surface area (Å²) in [5, 5.41) is 6.88. The van der Waals surface area contributed by atoms with Gasteiger partial charge in [-0.05, 0) is 46.3 Å². The maximum absolute atomic E-state index is 11.8. The predicted molar refractivity (Wildman–Crippen MR) is 114 cm³/mol. The lowest BCUT2D eigenvalue weighted by Gasteiger charge is -2.32. The molecule has 1 aromatic carbocycles. The van der Waals surface area contributed by atoms with E-state index in [9.17, 15) is 4.79 Å². The number of amides is 1. The van der Waals surface area contributed by atoms with E-state index < -0.39 is 0 Å². The van der Waals surface area contributed by atoms with Crippen LogP contribution in [0.5, 0.6) is 0 Å². The van der Waals surface area contributed by atoms with Gasteiger partial charge in [0.2, 0.25) is 0 Å². The number of hydrogen-bond acceptors (Lipinski definition) is 4. The van der Waals surface area contributed by atoms with Gasteiger partial charge in [0.1, 0.15) is 0 Å². The van der Waals surface area contributed by atoms with Crippen molar-refractivity contribution in [2.45, 2.75) is 38.8 Å². The predicted octanol–water partition coefficient (Wildman–Crippen LogP) is 2.47. The lowest BCUT2D eigenvalue weighted by molar-refractivity contribution is 0.0963. The quantitative estimate of drug-likeness (QED) is 0.554. The minimum atomic E-state index is -0.210. The second kappa shape index (κ2) is 11.5. The molecule has 0 radical (unpaired) electrons. The van der Waals surface area contributed by atoms with Crippen LogP contribution in [0.4, 0.5) is 4.79 Å². The number of carbonyl (C=O) groups excluding carboxylic acids is 1.